The van der Waals surface area contributed by atoms with Gasteiger partial charge in [0.25, 0.3) is 0 Å². The molecule has 0 N–H and O–H groups in total. The molecule has 0 radical (unpaired) electrons. The predicted octanol–water partition coefficient (Wildman–Crippen LogP) is 3.57. The average Bonchev–Trinajstić information content (AvgIpc) is 2.26. The van der Waals surface area contributed by atoms with Crippen LogP contribution in [-0.4, -0.2) is 20.8 Å². The molecule has 20 heavy (non-hydrogen) atoms. The molecule has 0 saturated heterocycles. The summed E-state index contributed by atoms with van der Waals surface area (Å²) in [6, 6.07) is 3.58. The first-order chi connectivity index (χ1) is 9.00. The molecule has 1 rings (SSSR count). The highest BCUT2D eigenvalue weighted by Crippen LogP contribution is 2.29. The van der Waals surface area contributed by atoms with E-state index in [1.54, 1.807) is 0 Å². The summed E-state index contributed by atoms with van der Waals surface area (Å²) in [5, 5.41) is 0. The van der Waals surface area contributed by atoms with E-state index in [1.165, 1.54) is 12.1 Å². The molecular weight excluding hydrogens is 310 g/mol. The van der Waals surface area contributed by atoms with Crippen LogP contribution in [0, 0.1) is 23.0 Å². The minimum Gasteiger partial charge on any atom is -0.490 e. The monoisotopic (exact) mass is 326 g/mol. The van der Waals surface area contributed by atoms with Crippen LogP contribution >= 0.6 is 10.7 Å². The fraction of sp³-hybridized carbons (Fsp3) is 0.538. The van der Waals surface area contributed by atoms with Gasteiger partial charge in [-0.2, -0.15) is 4.39 Å². The van der Waals surface area contributed by atoms with Crippen LogP contribution < -0.4 is 4.74 Å². The molecule has 0 heterocycles. The topological polar surface area (TPSA) is 43.4 Å². The van der Waals surface area contributed by atoms with Gasteiger partial charge in [-0.25, -0.2) is 12.8 Å². The highest BCUT2D eigenvalue weighted by atomic mass is 35.7. The van der Waals surface area contributed by atoms with Crippen LogP contribution in [0.3, 0.4) is 0 Å². The second kappa shape index (κ2) is 6.26. The molecule has 0 amide bonds. The Bertz CT molecular complexity index is 567. The largest absolute Gasteiger partial charge is 0.490 e. The Labute approximate surface area is 122 Å². The fourth-order valence-electron chi connectivity index (χ4n) is 1.57. The van der Waals surface area contributed by atoms with Gasteiger partial charge in [0.2, 0.25) is 14.9 Å². The van der Waals surface area contributed by atoms with Crippen LogP contribution in [0.5, 0.6) is 5.75 Å². The predicted molar refractivity (Wildman–Crippen MR) is 74.4 cm³/mol. The first-order valence-corrected chi connectivity index (χ1v) is 8.47. The molecule has 3 nitrogen and oxygen atoms in total. The van der Waals surface area contributed by atoms with E-state index in [9.17, 15) is 17.2 Å². The standard InChI is InChI=1S/C13H17ClF2O3S/c1-13(2,3)9(8-20(14,17)18)7-19-11-6-4-5-10(15)12(11)16/h4-6,9H,7-8H2,1-3H3. The van der Waals surface area contributed by atoms with E-state index in [1.807, 2.05) is 20.8 Å². The van der Waals surface area contributed by atoms with Gasteiger partial charge >= 0.3 is 0 Å². The molecule has 1 atom stereocenters. The van der Waals surface area contributed by atoms with Crippen molar-refractivity contribution in [3.8, 4) is 5.75 Å². The van der Waals surface area contributed by atoms with E-state index < -0.39 is 32.0 Å². The van der Waals surface area contributed by atoms with E-state index in [2.05, 4.69) is 0 Å². The van der Waals surface area contributed by atoms with Crippen molar-refractivity contribution in [1.29, 1.82) is 0 Å². The van der Waals surface area contributed by atoms with Crippen LogP contribution in [0.2, 0.25) is 0 Å². The molecule has 0 bridgehead atoms. The zero-order valence-corrected chi connectivity index (χ0v) is 13.1. The molecule has 1 aromatic rings. The third kappa shape index (κ3) is 5.25. The lowest BCUT2D eigenvalue weighted by Gasteiger charge is -2.29. The van der Waals surface area contributed by atoms with Gasteiger partial charge in [0, 0.05) is 16.6 Å². The SMILES string of the molecule is CC(C)(C)C(COc1cccc(F)c1F)CS(=O)(=O)Cl. The minimum atomic E-state index is -3.70. The summed E-state index contributed by atoms with van der Waals surface area (Å²) in [5.74, 6) is -3.10. The first-order valence-electron chi connectivity index (χ1n) is 6.00. The van der Waals surface area contributed by atoms with Crippen LogP contribution in [0.4, 0.5) is 8.78 Å². The molecule has 0 saturated carbocycles. The van der Waals surface area contributed by atoms with E-state index in [-0.39, 0.29) is 18.1 Å². The van der Waals surface area contributed by atoms with Crippen molar-refractivity contribution in [2.24, 2.45) is 11.3 Å². The summed E-state index contributed by atoms with van der Waals surface area (Å²) in [6.45, 7) is 5.40. The molecule has 0 fully saturated rings. The molecule has 0 aliphatic carbocycles. The van der Waals surface area contributed by atoms with E-state index in [0.717, 1.165) is 6.07 Å². The number of ether oxygens (including phenoxy) is 1. The van der Waals surface area contributed by atoms with Gasteiger partial charge in [0.15, 0.2) is 11.6 Å². The summed E-state index contributed by atoms with van der Waals surface area (Å²) >= 11 is 0. The molecule has 114 valence electrons. The lowest BCUT2D eigenvalue weighted by molar-refractivity contribution is 0.158. The Kier molecular flexibility index (Phi) is 5.38. The zero-order valence-electron chi connectivity index (χ0n) is 11.5. The van der Waals surface area contributed by atoms with Crippen molar-refractivity contribution >= 4 is 19.7 Å². The summed E-state index contributed by atoms with van der Waals surface area (Å²) in [5.41, 5.74) is -0.411. The summed E-state index contributed by atoms with van der Waals surface area (Å²) in [6.07, 6.45) is 0. The number of benzene rings is 1. The van der Waals surface area contributed by atoms with Gasteiger partial charge in [-0.05, 0) is 17.5 Å². The van der Waals surface area contributed by atoms with Crippen molar-refractivity contribution in [2.45, 2.75) is 20.8 Å². The normalized spacial score (nSPS) is 14.1. The summed E-state index contributed by atoms with van der Waals surface area (Å²) in [7, 11) is 1.55. The molecule has 1 unspecified atom stereocenters. The lowest BCUT2D eigenvalue weighted by atomic mass is 9.82. The maximum Gasteiger partial charge on any atom is 0.233 e. The molecular formula is C13H17ClF2O3S. The van der Waals surface area contributed by atoms with Gasteiger partial charge in [-0.3, -0.25) is 0 Å². The van der Waals surface area contributed by atoms with Gasteiger partial charge in [-0.15, -0.1) is 0 Å². The van der Waals surface area contributed by atoms with E-state index in [0.29, 0.717) is 0 Å². The number of halogens is 3. The van der Waals surface area contributed by atoms with Gasteiger partial charge in [0.1, 0.15) is 0 Å². The second-order valence-electron chi connectivity index (χ2n) is 5.63. The molecule has 1 aromatic carbocycles. The Balaban J connectivity index is 2.84. The van der Waals surface area contributed by atoms with Gasteiger partial charge in [0.05, 0.1) is 12.4 Å². The van der Waals surface area contributed by atoms with Crippen molar-refractivity contribution < 1.29 is 21.9 Å². The molecule has 0 aliphatic heterocycles. The van der Waals surface area contributed by atoms with Crippen molar-refractivity contribution in [3.63, 3.8) is 0 Å². The van der Waals surface area contributed by atoms with Crippen LogP contribution in [-0.2, 0) is 9.05 Å². The van der Waals surface area contributed by atoms with Crippen LogP contribution in [0.25, 0.3) is 0 Å². The van der Waals surface area contributed by atoms with E-state index >= 15 is 0 Å². The number of rotatable bonds is 5. The van der Waals surface area contributed by atoms with E-state index in [4.69, 9.17) is 15.4 Å². The quantitative estimate of drug-likeness (QED) is 0.777. The Morgan fingerprint density at radius 2 is 1.90 bits per heavy atom. The Hall–Kier alpha value is -0.880. The molecule has 0 aliphatic rings. The number of hydrogen-bond donors (Lipinski definition) is 0. The second-order valence-corrected chi connectivity index (χ2v) is 8.45. The molecule has 0 spiro atoms. The maximum absolute atomic E-state index is 13.4. The molecule has 0 aromatic heterocycles. The Morgan fingerprint density at radius 1 is 1.30 bits per heavy atom. The Morgan fingerprint density at radius 3 is 2.40 bits per heavy atom. The summed E-state index contributed by atoms with van der Waals surface area (Å²) in [4.78, 5) is 0. The maximum atomic E-state index is 13.4. The average molecular weight is 327 g/mol. The molecule has 7 heteroatoms. The zero-order chi connectivity index (χ0) is 15.6. The van der Waals surface area contributed by atoms with Crippen LogP contribution in [0.15, 0.2) is 18.2 Å². The smallest absolute Gasteiger partial charge is 0.233 e. The van der Waals surface area contributed by atoms with Crippen molar-refractivity contribution in [2.75, 3.05) is 12.4 Å². The van der Waals surface area contributed by atoms with Gasteiger partial charge in [-0.1, -0.05) is 26.8 Å². The fourth-order valence-corrected chi connectivity index (χ4v) is 3.11. The summed E-state index contributed by atoms with van der Waals surface area (Å²) < 4.78 is 54.1. The van der Waals surface area contributed by atoms with Crippen molar-refractivity contribution in [3.05, 3.63) is 29.8 Å². The van der Waals surface area contributed by atoms with Gasteiger partial charge < -0.3 is 4.74 Å². The third-order valence-corrected chi connectivity index (χ3v) is 4.16. The third-order valence-electron chi connectivity index (χ3n) is 2.98. The highest BCUT2D eigenvalue weighted by molar-refractivity contribution is 8.13. The highest BCUT2D eigenvalue weighted by Gasteiger charge is 2.30. The first kappa shape index (κ1) is 17.2. The van der Waals surface area contributed by atoms with Crippen LogP contribution in [0.1, 0.15) is 20.8 Å². The van der Waals surface area contributed by atoms with Crippen molar-refractivity contribution in [1.82, 2.24) is 0 Å². The minimum absolute atomic E-state index is 0.0736. The lowest BCUT2D eigenvalue weighted by Crippen LogP contribution is -2.32. The number of hydrogen-bond acceptors (Lipinski definition) is 3.